The van der Waals surface area contributed by atoms with Gasteiger partial charge in [-0.05, 0) is 0 Å². The van der Waals surface area contributed by atoms with Gasteiger partial charge in [-0.1, -0.05) is 0 Å². The quantitative estimate of drug-likeness (QED) is 0.885. The first-order valence-corrected chi connectivity index (χ1v) is 10.8. The summed E-state index contributed by atoms with van der Waals surface area (Å²) >= 11 is -0.824. The Hall–Kier alpha value is -0.470. The van der Waals surface area contributed by atoms with E-state index in [2.05, 4.69) is 42.5 Å². The van der Waals surface area contributed by atoms with Crippen LogP contribution in [0.4, 0.5) is 0 Å². The van der Waals surface area contributed by atoms with Crippen molar-refractivity contribution in [2.75, 3.05) is 6.61 Å². The molecule has 1 N–H and O–H groups in total. The second-order valence-corrected chi connectivity index (χ2v) is 9.95. The minimum absolute atomic E-state index is 0.293. The number of aliphatic hydroxyl groups is 1. The average molecular weight is 316 g/mol. The van der Waals surface area contributed by atoms with Crippen molar-refractivity contribution < 1.29 is 5.11 Å². The molecule has 0 aliphatic heterocycles. The van der Waals surface area contributed by atoms with Crippen molar-refractivity contribution in [3.63, 3.8) is 0 Å². The van der Waals surface area contributed by atoms with Gasteiger partial charge in [0.1, 0.15) is 0 Å². The van der Waals surface area contributed by atoms with Crippen LogP contribution in [0, 0.1) is 0 Å². The predicted molar refractivity (Wildman–Crippen MR) is 70.1 cm³/mol. The third-order valence-corrected chi connectivity index (χ3v) is 9.30. The van der Waals surface area contributed by atoms with E-state index in [-0.39, 0.29) is 0 Å². The number of rotatable bonds is 5. The zero-order chi connectivity index (χ0) is 11.2. The van der Waals surface area contributed by atoms with Crippen LogP contribution in [0.15, 0.2) is 51.9 Å². The topological polar surface area (TPSA) is 20.2 Å². The fourth-order valence-corrected chi connectivity index (χ4v) is 7.57. The van der Waals surface area contributed by atoms with Crippen molar-refractivity contribution in [3.05, 3.63) is 57.5 Å². The van der Waals surface area contributed by atoms with Gasteiger partial charge in [-0.25, -0.2) is 0 Å². The maximum atomic E-state index is 9.45. The first-order valence-electron chi connectivity index (χ1n) is 5.90. The van der Waals surface area contributed by atoms with E-state index in [0.29, 0.717) is 12.5 Å². The molecule has 2 rings (SSSR count). The molecule has 0 radical (unpaired) electrons. The summed E-state index contributed by atoms with van der Waals surface area (Å²) < 4.78 is 2.94. The fourth-order valence-electron chi connectivity index (χ4n) is 2.13. The van der Waals surface area contributed by atoms with Gasteiger partial charge in [-0.15, -0.1) is 0 Å². The summed E-state index contributed by atoms with van der Waals surface area (Å²) in [7, 11) is 0. The Morgan fingerprint density at radius 3 is 2.69 bits per heavy atom. The zero-order valence-corrected chi connectivity index (χ0v) is 13.5. The predicted octanol–water partition coefficient (Wildman–Crippen LogP) is 2.46. The average Bonchev–Trinajstić information content (AvgIpc) is 2.84. The van der Waals surface area contributed by atoms with E-state index in [9.17, 15) is 5.11 Å². The number of hydrogen-bond acceptors (Lipinski definition) is 1. The van der Waals surface area contributed by atoms with Crippen LogP contribution in [-0.2, 0) is 0 Å². The van der Waals surface area contributed by atoms with E-state index in [1.165, 1.54) is 16.2 Å². The summed E-state index contributed by atoms with van der Waals surface area (Å²) in [6.07, 6.45) is 7.88. The third-order valence-electron chi connectivity index (χ3n) is 3.15. The van der Waals surface area contributed by atoms with E-state index in [0.717, 1.165) is 0 Å². The van der Waals surface area contributed by atoms with Crippen LogP contribution in [0.3, 0.4) is 0 Å². The molecule has 1 aromatic carbocycles. The molecule has 0 heterocycles. The molecule has 1 aliphatic rings. The summed E-state index contributed by atoms with van der Waals surface area (Å²) in [5.74, 6) is 0.374. The van der Waals surface area contributed by atoms with Crippen molar-refractivity contribution in [1.29, 1.82) is 0 Å². The molecule has 0 aromatic heterocycles. The molecule has 1 atom stereocenters. The first kappa shape index (κ1) is 12.0. The summed E-state index contributed by atoms with van der Waals surface area (Å²) in [6, 6.07) is 10.4. The molecule has 0 spiro atoms. The van der Waals surface area contributed by atoms with Gasteiger partial charge in [0.25, 0.3) is 0 Å². The molecule has 0 saturated carbocycles. The van der Waals surface area contributed by atoms with E-state index in [1.807, 2.05) is 6.07 Å². The Morgan fingerprint density at radius 2 is 2.06 bits per heavy atom. The van der Waals surface area contributed by atoms with E-state index in [1.54, 1.807) is 3.33 Å². The van der Waals surface area contributed by atoms with Gasteiger partial charge in [0.2, 0.25) is 0 Å². The molecule has 0 bridgehead atoms. The number of hydrogen-bond donors (Lipinski definition) is 1. The summed E-state index contributed by atoms with van der Waals surface area (Å²) in [5, 5.41) is 9.45. The van der Waals surface area contributed by atoms with Crippen LogP contribution >= 0.6 is 0 Å². The molecule has 0 saturated heterocycles. The van der Waals surface area contributed by atoms with Crippen LogP contribution in [0.25, 0.3) is 0 Å². The van der Waals surface area contributed by atoms with Gasteiger partial charge in [-0.2, -0.15) is 0 Å². The molecular weight excluding hydrogens is 299 g/mol. The zero-order valence-electron chi connectivity index (χ0n) is 9.47. The summed E-state index contributed by atoms with van der Waals surface area (Å²) in [6.45, 7) is 0.293. The second kappa shape index (κ2) is 6.31. The Morgan fingerprint density at radius 1 is 1.25 bits per heavy atom. The van der Waals surface area contributed by atoms with E-state index < -0.39 is 22.9 Å². The van der Waals surface area contributed by atoms with Crippen molar-refractivity contribution >= 4 is 22.9 Å². The minimum atomic E-state index is -0.824. The molecule has 2 heteroatoms. The Labute approximate surface area is 108 Å². The number of aliphatic hydroxyl groups excluding tert-OH is 1. The van der Waals surface area contributed by atoms with Gasteiger partial charge < -0.3 is 0 Å². The van der Waals surface area contributed by atoms with Crippen LogP contribution in [0.2, 0.25) is 4.18 Å². The van der Waals surface area contributed by atoms with E-state index >= 15 is 0 Å². The van der Waals surface area contributed by atoms with Gasteiger partial charge in [0, 0.05) is 0 Å². The molecule has 1 aromatic rings. The van der Waals surface area contributed by atoms with Crippen molar-refractivity contribution in [2.45, 2.75) is 16.5 Å². The standard InChI is InChI=1S/C9H11O.C5H5.In.H/c1-8(7-10)9-5-3-2-4-6-9;1-2-4-5-3-1;;/h2-6,8,10H,1,7H2;1-3H,4H2;;. The molecular formula is C14H17InO. The Balaban J connectivity index is 1.91. The molecule has 1 unspecified atom stereocenters. The fraction of sp³-hybridized carbons (Fsp3) is 0.286. The van der Waals surface area contributed by atoms with Gasteiger partial charge in [-0.3, -0.25) is 0 Å². The van der Waals surface area contributed by atoms with Gasteiger partial charge in [0.05, 0.1) is 0 Å². The molecule has 1 aliphatic carbocycles. The van der Waals surface area contributed by atoms with Gasteiger partial charge in [0.15, 0.2) is 0 Å². The second-order valence-electron chi connectivity index (χ2n) is 4.29. The first-order chi connectivity index (χ1) is 7.90. The number of allylic oxidation sites excluding steroid dienone is 4. The van der Waals surface area contributed by atoms with Gasteiger partial charge >= 0.3 is 109 Å². The number of benzene rings is 1. The summed E-state index contributed by atoms with van der Waals surface area (Å²) in [4.78, 5) is 0. The maximum absolute atomic E-state index is 9.45. The van der Waals surface area contributed by atoms with Crippen molar-refractivity contribution in [3.8, 4) is 0 Å². The third kappa shape index (κ3) is 3.26. The van der Waals surface area contributed by atoms with Crippen LogP contribution < -0.4 is 0 Å². The van der Waals surface area contributed by atoms with E-state index in [4.69, 9.17) is 0 Å². The summed E-state index contributed by atoms with van der Waals surface area (Å²) in [5.41, 5.74) is 1.30. The van der Waals surface area contributed by atoms with Crippen LogP contribution in [-0.4, -0.2) is 34.6 Å². The molecule has 0 amide bonds. The normalized spacial score (nSPS) is 15.9. The van der Waals surface area contributed by atoms with Crippen molar-refractivity contribution in [2.24, 2.45) is 0 Å². The van der Waals surface area contributed by atoms with Crippen LogP contribution in [0.5, 0.6) is 0 Å². The Kier molecular flexibility index (Phi) is 4.73. The Bertz CT molecular complexity index is 381. The molecule has 16 heavy (non-hydrogen) atoms. The van der Waals surface area contributed by atoms with Crippen molar-refractivity contribution in [1.82, 2.24) is 0 Å². The molecule has 82 valence electrons. The molecule has 1 nitrogen and oxygen atoms in total. The monoisotopic (exact) mass is 316 g/mol. The molecule has 0 fully saturated rings. The van der Waals surface area contributed by atoms with Crippen LogP contribution in [0.1, 0.15) is 17.9 Å². The SMILES string of the molecule is OCC([CH2][InH][C]1=CC=CC1)c1ccccc1.